The summed E-state index contributed by atoms with van der Waals surface area (Å²) in [5.41, 5.74) is 5.29. The van der Waals surface area contributed by atoms with Crippen LogP contribution in [0.3, 0.4) is 0 Å². The summed E-state index contributed by atoms with van der Waals surface area (Å²) in [4.78, 5) is 11.1. The Morgan fingerprint density at radius 1 is 1.30 bits per heavy atom. The van der Waals surface area contributed by atoms with E-state index in [0.717, 1.165) is 36.7 Å². The summed E-state index contributed by atoms with van der Waals surface area (Å²) in [5, 5.41) is 18.9. The van der Waals surface area contributed by atoms with E-state index in [1.165, 1.54) is 31.0 Å². The van der Waals surface area contributed by atoms with Crippen LogP contribution in [-0.2, 0) is 11.3 Å². The molecule has 0 radical (unpaired) electrons. The van der Waals surface area contributed by atoms with Crippen molar-refractivity contribution >= 4 is 17.7 Å². The first-order valence-corrected chi connectivity index (χ1v) is 9.34. The van der Waals surface area contributed by atoms with Crippen LogP contribution in [0.15, 0.2) is 5.16 Å². The number of thioether (sulfide) groups is 1. The molecule has 1 aromatic rings. The molecule has 2 N–H and O–H groups in total. The van der Waals surface area contributed by atoms with Crippen molar-refractivity contribution in [3.63, 3.8) is 0 Å². The minimum Gasteiger partial charge on any atom is -0.370 e. The number of nitrogens with two attached hydrogens (primary N) is 1. The van der Waals surface area contributed by atoms with Gasteiger partial charge in [-0.15, -0.1) is 10.2 Å². The Morgan fingerprint density at radius 3 is 2.65 bits per heavy atom. The van der Waals surface area contributed by atoms with Gasteiger partial charge in [-0.1, -0.05) is 31.0 Å². The number of hydrogen-bond acceptors (Lipinski definition) is 5. The van der Waals surface area contributed by atoms with Crippen LogP contribution in [-0.4, -0.2) is 25.9 Å². The number of carbonyl (C=O) groups is 1. The van der Waals surface area contributed by atoms with Gasteiger partial charge in [0.2, 0.25) is 5.91 Å². The van der Waals surface area contributed by atoms with Gasteiger partial charge in [0.25, 0.3) is 0 Å². The highest BCUT2D eigenvalue weighted by Crippen LogP contribution is 2.41. The average molecular weight is 333 g/mol. The minimum absolute atomic E-state index is 0.0844. The summed E-state index contributed by atoms with van der Waals surface area (Å²) in [5.74, 6) is 1.53. The van der Waals surface area contributed by atoms with Crippen molar-refractivity contribution in [1.29, 1.82) is 5.26 Å². The molecule has 1 aromatic heterocycles. The van der Waals surface area contributed by atoms with Gasteiger partial charge < -0.3 is 10.3 Å². The van der Waals surface area contributed by atoms with Gasteiger partial charge in [0.1, 0.15) is 11.1 Å². The Kier molecular flexibility index (Phi) is 5.21. The molecule has 0 bridgehead atoms. The fourth-order valence-electron chi connectivity index (χ4n) is 3.24. The molecule has 0 aliphatic heterocycles. The molecule has 124 valence electrons. The van der Waals surface area contributed by atoms with Gasteiger partial charge in [0, 0.05) is 18.9 Å². The van der Waals surface area contributed by atoms with Crippen LogP contribution in [0.4, 0.5) is 0 Å². The molecule has 3 rings (SSSR count). The van der Waals surface area contributed by atoms with Gasteiger partial charge >= 0.3 is 0 Å². The zero-order valence-electron chi connectivity index (χ0n) is 13.3. The van der Waals surface area contributed by atoms with E-state index in [4.69, 9.17) is 5.73 Å². The molecule has 1 heterocycles. The summed E-state index contributed by atoms with van der Waals surface area (Å²) in [7, 11) is 0. The normalized spacial score (nSPS) is 20.1. The highest BCUT2D eigenvalue weighted by atomic mass is 32.2. The second-order valence-corrected chi connectivity index (χ2v) is 7.66. The average Bonchev–Trinajstić information content (AvgIpc) is 3.33. The lowest BCUT2D eigenvalue weighted by atomic mass is 9.87. The lowest BCUT2D eigenvalue weighted by molar-refractivity contribution is -0.118. The fraction of sp³-hybridized carbons (Fsp3) is 0.750. The van der Waals surface area contributed by atoms with Crippen LogP contribution in [0.2, 0.25) is 0 Å². The first kappa shape index (κ1) is 16.3. The largest absolute Gasteiger partial charge is 0.370 e. The number of amides is 1. The van der Waals surface area contributed by atoms with E-state index >= 15 is 0 Å². The van der Waals surface area contributed by atoms with Gasteiger partial charge in [0.05, 0.1) is 6.07 Å². The van der Waals surface area contributed by atoms with Crippen LogP contribution in [0, 0.1) is 17.2 Å². The number of nitriles is 1. The zero-order valence-corrected chi connectivity index (χ0v) is 14.1. The maximum absolute atomic E-state index is 11.1. The molecule has 6 nitrogen and oxygen atoms in total. The number of rotatable bonds is 7. The van der Waals surface area contributed by atoms with Gasteiger partial charge in [-0.25, -0.2) is 0 Å². The van der Waals surface area contributed by atoms with Gasteiger partial charge in [0.15, 0.2) is 5.16 Å². The molecule has 2 aliphatic carbocycles. The number of carbonyl (C=O) groups excluding carboxylic acids is 1. The zero-order chi connectivity index (χ0) is 16.2. The molecular weight excluding hydrogens is 310 g/mol. The third-order valence-electron chi connectivity index (χ3n) is 4.71. The van der Waals surface area contributed by atoms with Crippen molar-refractivity contribution < 1.29 is 4.79 Å². The van der Waals surface area contributed by atoms with Crippen LogP contribution in [0.25, 0.3) is 0 Å². The molecule has 0 spiro atoms. The highest BCUT2D eigenvalue weighted by molar-refractivity contribution is 8.00. The Bertz CT molecular complexity index is 598. The van der Waals surface area contributed by atoms with Gasteiger partial charge in [-0.3, -0.25) is 4.79 Å². The maximum Gasteiger partial charge on any atom is 0.219 e. The molecule has 0 unspecified atom stereocenters. The van der Waals surface area contributed by atoms with Crippen LogP contribution < -0.4 is 5.73 Å². The molecule has 7 heteroatoms. The first-order valence-electron chi connectivity index (χ1n) is 8.46. The van der Waals surface area contributed by atoms with E-state index in [1.807, 2.05) is 4.57 Å². The second-order valence-electron chi connectivity index (χ2n) is 6.55. The van der Waals surface area contributed by atoms with Crippen LogP contribution in [0.1, 0.15) is 63.1 Å². The van der Waals surface area contributed by atoms with E-state index < -0.39 is 0 Å². The molecule has 1 atom stereocenters. The number of primary amides is 1. The van der Waals surface area contributed by atoms with Crippen LogP contribution in [0.5, 0.6) is 0 Å². The number of hydrogen-bond donors (Lipinski definition) is 1. The summed E-state index contributed by atoms with van der Waals surface area (Å²) < 4.78 is 2.01. The third kappa shape index (κ3) is 4.05. The molecule has 23 heavy (non-hydrogen) atoms. The minimum atomic E-state index is -0.319. The summed E-state index contributed by atoms with van der Waals surface area (Å²) in [6.07, 6.45) is 8.49. The topological polar surface area (TPSA) is 97.6 Å². The summed E-state index contributed by atoms with van der Waals surface area (Å²) in [6, 6.07) is 2.46. The maximum atomic E-state index is 11.1. The van der Waals surface area contributed by atoms with Crippen molar-refractivity contribution in [3.05, 3.63) is 5.82 Å². The van der Waals surface area contributed by atoms with Crippen molar-refractivity contribution in [2.24, 2.45) is 11.7 Å². The summed E-state index contributed by atoms with van der Waals surface area (Å²) in [6.45, 7) is 0.513. The fourth-order valence-corrected chi connectivity index (χ4v) is 4.39. The lowest BCUT2D eigenvalue weighted by Crippen LogP contribution is -2.20. The monoisotopic (exact) mass is 333 g/mol. The van der Waals surface area contributed by atoms with E-state index in [1.54, 1.807) is 0 Å². The van der Waals surface area contributed by atoms with Gasteiger partial charge in [-0.2, -0.15) is 5.26 Å². The Labute approximate surface area is 140 Å². The molecule has 2 saturated carbocycles. The summed E-state index contributed by atoms with van der Waals surface area (Å²) >= 11 is 1.52. The van der Waals surface area contributed by atoms with E-state index in [9.17, 15) is 10.1 Å². The highest BCUT2D eigenvalue weighted by Gasteiger charge is 2.32. The lowest BCUT2D eigenvalue weighted by Gasteiger charge is -2.25. The van der Waals surface area contributed by atoms with Crippen molar-refractivity contribution in [3.8, 4) is 6.07 Å². The molecule has 1 amide bonds. The Morgan fingerprint density at radius 2 is 2.04 bits per heavy atom. The predicted molar refractivity (Wildman–Crippen MR) is 87.6 cm³/mol. The standard InChI is InChI=1S/C16H23N5OS/c17-10-13(11-4-2-1-3-5-11)23-16-20-19-15(12-6-7-12)21(16)9-8-14(18)22/h11-13H,1-9H2,(H2,18,22)/t13-/m0/s1. The first-order chi connectivity index (χ1) is 11.2. The number of nitrogens with zero attached hydrogens (tertiary/aromatic N) is 4. The van der Waals surface area contributed by atoms with E-state index in [-0.39, 0.29) is 17.6 Å². The second kappa shape index (κ2) is 7.35. The molecular formula is C16H23N5OS. The van der Waals surface area contributed by atoms with E-state index in [2.05, 4.69) is 16.3 Å². The van der Waals surface area contributed by atoms with Gasteiger partial charge in [-0.05, 0) is 31.6 Å². The Hall–Kier alpha value is -1.55. The molecule has 0 aromatic carbocycles. The smallest absolute Gasteiger partial charge is 0.219 e. The molecule has 2 fully saturated rings. The SMILES string of the molecule is N#C[C@H](Sc1nnc(C2CC2)n1CCC(N)=O)C1CCCCC1. The Balaban J connectivity index is 1.75. The van der Waals surface area contributed by atoms with E-state index in [0.29, 0.717) is 18.4 Å². The number of aromatic nitrogens is 3. The van der Waals surface area contributed by atoms with Crippen molar-refractivity contribution in [1.82, 2.24) is 14.8 Å². The molecule has 2 aliphatic rings. The third-order valence-corrected chi connectivity index (χ3v) is 5.96. The van der Waals surface area contributed by atoms with Crippen LogP contribution >= 0.6 is 11.8 Å². The van der Waals surface area contributed by atoms with Crippen molar-refractivity contribution in [2.45, 2.75) is 74.2 Å². The molecule has 0 saturated heterocycles. The van der Waals surface area contributed by atoms with Crippen molar-refractivity contribution in [2.75, 3.05) is 0 Å². The quantitative estimate of drug-likeness (QED) is 0.773. The predicted octanol–water partition coefficient (Wildman–Crippen LogP) is 2.60.